The number of nitrogens with one attached hydrogen (secondary N) is 1. The Labute approximate surface area is 129 Å². The smallest absolute Gasteiger partial charge is 0.262 e. The molecule has 0 bridgehead atoms. The summed E-state index contributed by atoms with van der Waals surface area (Å²) in [6.07, 6.45) is 1.87. The number of imidazole rings is 1. The topological polar surface area (TPSA) is 63.5 Å². The monoisotopic (exact) mass is 315 g/mol. The number of nitrogens with zero attached hydrogens (tertiary/aromatic N) is 2. The molecule has 1 N–H and O–H groups in total. The largest absolute Gasteiger partial charge is 0.302 e. The van der Waals surface area contributed by atoms with E-state index in [2.05, 4.69) is 9.71 Å². The predicted molar refractivity (Wildman–Crippen MR) is 86.7 cm³/mol. The Morgan fingerprint density at radius 3 is 2.59 bits per heavy atom. The highest BCUT2D eigenvalue weighted by Crippen LogP contribution is 2.22. The van der Waals surface area contributed by atoms with Gasteiger partial charge < -0.3 is 4.40 Å². The fourth-order valence-corrected chi connectivity index (χ4v) is 3.53. The van der Waals surface area contributed by atoms with E-state index in [-0.39, 0.29) is 4.90 Å². The zero-order valence-electron chi connectivity index (χ0n) is 12.7. The Balaban J connectivity index is 2.08. The van der Waals surface area contributed by atoms with Gasteiger partial charge in [-0.3, -0.25) is 4.72 Å². The third-order valence-corrected chi connectivity index (χ3v) is 5.03. The summed E-state index contributed by atoms with van der Waals surface area (Å²) in [6.45, 7) is 5.72. The van der Waals surface area contributed by atoms with Crippen molar-refractivity contribution in [1.29, 1.82) is 0 Å². The second-order valence-corrected chi connectivity index (χ2v) is 7.00. The average molecular weight is 315 g/mol. The molecule has 0 saturated carbocycles. The minimum absolute atomic E-state index is 0.245. The van der Waals surface area contributed by atoms with E-state index in [1.165, 1.54) is 0 Å². The molecule has 1 aromatic carbocycles. The second-order valence-electron chi connectivity index (χ2n) is 5.32. The number of hydrogen-bond donors (Lipinski definition) is 1. The molecule has 6 heteroatoms. The third-order valence-electron chi connectivity index (χ3n) is 3.67. The molecule has 0 aliphatic rings. The van der Waals surface area contributed by atoms with Gasteiger partial charge in [0.25, 0.3) is 10.0 Å². The van der Waals surface area contributed by atoms with Gasteiger partial charge in [0.15, 0.2) is 5.65 Å². The molecule has 5 nitrogen and oxygen atoms in total. The minimum atomic E-state index is -3.63. The first kappa shape index (κ1) is 14.6. The number of fused-ring (bicyclic) bond motifs is 1. The lowest BCUT2D eigenvalue weighted by Crippen LogP contribution is -2.14. The van der Waals surface area contributed by atoms with Gasteiger partial charge in [0.2, 0.25) is 0 Å². The van der Waals surface area contributed by atoms with Gasteiger partial charge in [0.1, 0.15) is 0 Å². The molecule has 114 valence electrons. The Bertz CT molecular complexity index is 959. The van der Waals surface area contributed by atoms with Gasteiger partial charge in [-0.1, -0.05) is 12.1 Å². The molecular formula is C16H17N3O2S. The highest BCUT2D eigenvalue weighted by Gasteiger charge is 2.17. The molecule has 3 aromatic rings. The lowest BCUT2D eigenvalue weighted by atomic mass is 10.2. The fraction of sp³-hybridized carbons (Fsp3) is 0.188. The van der Waals surface area contributed by atoms with Gasteiger partial charge in [-0.15, -0.1) is 0 Å². The highest BCUT2D eigenvalue weighted by molar-refractivity contribution is 7.92. The number of aromatic nitrogens is 2. The summed E-state index contributed by atoms with van der Waals surface area (Å²) in [4.78, 5) is 4.69. The van der Waals surface area contributed by atoms with Gasteiger partial charge in [0, 0.05) is 11.9 Å². The molecule has 2 heterocycles. The Kier molecular flexibility index (Phi) is 3.41. The van der Waals surface area contributed by atoms with E-state index in [0.717, 1.165) is 17.0 Å². The normalized spacial score (nSPS) is 11.8. The third kappa shape index (κ3) is 2.46. The van der Waals surface area contributed by atoms with Crippen LogP contribution in [0.5, 0.6) is 0 Å². The summed E-state index contributed by atoms with van der Waals surface area (Å²) >= 11 is 0. The molecule has 0 amide bonds. The number of aryl methyl sites for hydroxylation is 3. The van der Waals surface area contributed by atoms with Crippen LogP contribution < -0.4 is 4.72 Å². The summed E-state index contributed by atoms with van der Waals surface area (Å²) in [5.74, 6) is 0. The van der Waals surface area contributed by atoms with Crippen LogP contribution in [-0.4, -0.2) is 17.8 Å². The zero-order valence-corrected chi connectivity index (χ0v) is 13.5. The lowest BCUT2D eigenvalue weighted by Gasteiger charge is -2.09. The Morgan fingerprint density at radius 2 is 1.86 bits per heavy atom. The Hall–Kier alpha value is -2.34. The molecule has 0 fully saturated rings. The summed E-state index contributed by atoms with van der Waals surface area (Å²) in [5.41, 5.74) is 3.84. The van der Waals surface area contributed by atoms with Crippen LogP contribution in [0.3, 0.4) is 0 Å². The van der Waals surface area contributed by atoms with Crippen LogP contribution in [0, 0.1) is 20.8 Å². The molecule has 0 aliphatic carbocycles. The van der Waals surface area contributed by atoms with E-state index in [4.69, 9.17) is 0 Å². The van der Waals surface area contributed by atoms with Gasteiger partial charge >= 0.3 is 0 Å². The highest BCUT2D eigenvalue weighted by atomic mass is 32.2. The standard InChI is InChI=1S/C16H17N3O2S/c1-11-6-4-7-14(10-11)22(20,21)18-15-8-5-9-19-13(3)12(2)17-16(15)19/h4-10,18H,1-3H3. The van der Waals surface area contributed by atoms with Crippen molar-refractivity contribution in [3.8, 4) is 0 Å². The van der Waals surface area contributed by atoms with Crippen LogP contribution in [0.1, 0.15) is 17.0 Å². The number of sulfonamides is 1. The van der Waals surface area contributed by atoms with Crippen molar-refractivity contribution >= 4 is 21.4 Å². The van der Waals surface area contributed by atoms with E-state index in [1.807, 2.05) is 37.4 Å². The van der Waals surface area contributed by atoms with Gasteiger partial charge in [0.05, 0.1) is 16.3 Å². The van der Waals surface area contributed by atoms with Crippen LogP contribution in [0.25, 0.3) is 5.65 Å². The molecule has 0 spiro atoms. The molecule has 22 heavy (non-hydrogen) atoms. The van der Waals surface area contributed by atoms with Crippen molar-refractivity contribution < 1.29 is 8.42 Å². The van der Waals surface area contributed by atoms with Crippen LogP contribution in [0.2, 0.25) is 0 Å². The van der Waals surface area contributed by atoms with Crippen molar-refractivity contribution in [1.82, 2.24) is 9.38 Å². The van der Waals surface area contributed by atoms with E-state index < -0.39 is 10.0 Å². The zero-order chi connectivity index (χ0) is 15.9. The summed E-state index contributed by atoms with van der Waals surface area (Å²) in [6, 6.07) is 10.3. The fourth-order valence-electron chi connectivity index (χ4n) is 2.36. The lowest BCUT2D eigenvalue weighted by molar-refractivity contribution is 0.601. The van der Waals surface area contributed by atoms with E-state index in [0.29, 0.717) is 11.3 Å². The number of pyridine rings is 1. The molecule has 0 unspecified atom stereocenters. The molecular weight excluding hydrogens is 298 g/mol. The van der Waals surface area contributed by atoms with Crippen molar-refractivity contribution in [2.24, 2.45) is 0 Å². The maximum atomic E-state index is 12.5. The SMILES string of the molecule is Cc1cccc(S(=O)(=O)Nc2cccn3c(C)c(C)nc23)c1. The number of rotatable bonds is 3. The van der Waals surface area contributed by atoms with Crippen molar-refractivity contribution in [2.75, 3.05) is 4.72 Å². The molecule has 3 rings (SSSR count). The van der Waals surface area contributed by atoms with Gasteiger partial charge in [-0.25, -0.2) is 13.4 Å². The second kappa shape index (κ2) is 5.14. The van der Waals surface area contributed by atoms with Crippen LogP contribution in [0.15, 0.2) is 47.5 Å². The quantitative estimate of drug-likeness (QED) is 0.808. The number of anilines is 1. The van der Waals surface area contributed by atoms with E-state index in [9.17, 15) is 8.42 Å². The minimum Gasteiger partial charge on any atom is -0.302 e. The Morgan fingerprint density at radius 1 is 1.09 bits per heavy atom. The van der Waals surface area contributed by atoms with Crippen LogP contribution in [-0.2, 0) is 10.0 Å². The average Bonchev–Trinajstić information content (AvgIpc) is 2.76. The molecule has 2 aromatic heterocycles. The number of benzene rings is 1. The first-order valence-electron chi connectivity index (χ1n) is 6.92. The summed E-state index contributed by atoms with van der Waals surface area (Å²) in [5, 5.41) is 0. The first-order chi connectivity index (χ1) is 10.4. The molecule has 0 aliphatic heterocycles. The molecule has 0 atom stereocenters. The number of hydrogen-bond acceptors (Lipinski definition) is 3. The molecule has 0 radical (unpaired) electrons. The van der Waals surface area contributed by atoms with E-state index >= 15 is 0 Å². The van der Waals surface area contributed by atoms with Gasteiger partial charge in [-0.2, -0.15) is 0 Å². The summed E-state index contributed by atoms with van der Waals surface area (Å²) < 4.78 is 29.6. The maximum Gasteiger partial charge on any atom is 0.262 e. The van der Waals surface area contributed by atoms with Gasteiger partial charge in [-0.05, 0) is 50.6 Å². The predicted octanol–water partition coefficient (Wildman–Crippen LogP) is 3.06. The van der Waals surface area contributed by atoms with E-state index in [1.54, 1.807) is 30.3 Å². The first-order valence-corrected chi connectivity index (χ1v) is 8.40. The molecule has 0 saturated heterocycles. The summed E-state index contributed by atoms with van der Waals surface area (Å²) in [7, 11) is -3.63. The van der Waals surface area contributed by atoms with Crippen molar-refractivity contribution in [3.63, 3.8) is 0 Å². The maximum absolute atomic E-state index is 12.5. The van der Waals surface area contributed by atoms with Crippen molar-refractivity contribution in [2.45, 2.75) is 25.7 Å². The van der Waals surface area contributed by atoms with Crippen molar-refractivity contribution in [3.05, 3.63) is 59.5 Å². The van der Waals surface area contributed by atoms with Crippen LogP contribution in [0.4, 0.5) is 5.69 Å². The van der Waals surface area contributed by atoms with Crippen LogP contribution >= 0.6 is 0 Å².